The molecule has 0 radical (unpaired) electrons. The van der Waals surface area contributed by atoms with E-state index >= 15 is 0 Å². The van der Waals surface area contributed by atoms with Gasteiger partial charge >= 0.3 is 5.97 Å². The van der Waals surface area contributed by atoms with Gasteiger partial charge in [-0.15, -0.1) is 0 Å². The van der Waals surface area contributed by atoms with Crippen molar-refractivity contribution in [2.24, 2.45) is 0 Å². The second kappa shape index (κ2) is 6.03. The average molecular weight is 326 g/mol. The summed E-state index contributed by atoms with van der Waals surface area (Å²) in [5.41, 5.74) is 1.40. The van der Waals surface area contributed by atoms with Gasteiger partial charge in [-0.2, -0.15) is 0 Å². The predicted octanol–water partition coefficient (Wildman–Crippen LogP) is 4.46. The first kappa shape index (κ1) is 13.1. The molecule has 18 heavy (non-hydrogen) atoms. The molecule has 0 atom stereocenters. The van der Waals surface area contributed by atoms with Crippen LogP contribution in [0.2, 0.25) is 5.02 Å². The summed E-state index contributed by atoms with van der Waals surface area (Å²) in [4.78, 5) is 11.8. The summed E-state index contributed by atoms with van der Waals surface area (Å²) in [7, 11) is 0. The van der Waals surface area contributed by atoms with E-state index in [0.29, 0.717) is 10.6 Å². The van der Waals surface area contributed by atoms with Crippen molar-refractivity contribution in [2.45, 2.75) is 6.61 Å². The van der Waals surface area contributed by atoms with E-state index in [-0.39, 0.29) is 12.6 Å². The highest BCUT2D eigenvalue weighted by Gasteiger charge is 2.09. The number of carbonyl (C=O) groups is 1. The second-order valence-electron chi connectivity index (χ2n) is 3.69. The lowest BCUT2D eigenvalue weighted by Gasteiger charge is -2.05. The minimum atomic E-state index is -0.381. The van der Waals surface area contributed by atoms with Gasteiger partial charge in [0.15, 0.2) is 0 Å². The first-order valence-corrected chi connectivity index (χ1v) is 6.50. The highest BCUT2D eigenvalue weighted by atomic mass is 79.9. The van der Waals surface area contributed by atoms with E-state index in [0.717, 1.165) is 10.0 Å². The topological polar surface area (TPSA) is 26.3 Å². The molecule has 0 fully saturated rings. The molecular weight excluding hydrogens is 316 g/mol. The zero-order valence-electron chi connectivity index (χ0n) is 9.40. The Kier molecular flexibility index (Phi) is 4.39. The summed E-state index contributed by atoms with van der Waals surface area (Å²) in [6.07, 6.45) is 0. The van der Waals surface area contributed by atoms with Crippen LogP contribution in [-0.4, -0.2) is 5.97 Å². The zero-order valence-corrected chi connectivity index (χ0v) is 11.7. The molecule has 0 heterocycles. The standard InChI is InChI=1S/C14H10BrClO2/c15-12-7-6-11(8-13(12)16)14(17)18-9-10-4-2-1-3-5-10/h1-8H,9H2. The quantitative estimate of drug-likeness (QED) is 0.779. The monoisotopic (exact) mass is 324 g/mol. The number of ether oxygens (including phenoxy) is 1. The molecule has 2 aromatic rings. The fourth-order valence-corrected chi connectivity index (χ4v) is 1.86. The molecule has 92 valence electrons. The van der Waals surface area contributed by atoms with E-state index in [4.69, 9.17) is 16.3 Å². The number of benzene rings is 2. The summed E-state index contributed by atoms with van der Waals surface area (Å²) in [6.45, 7) is 0.257. The van der Waals surface area contributed by atoms with Crippen molar-refractivity contribution < 1.29 is 9.53 Å². The van der Waals surface area contributed by atoms with Crippen molar-refractivity contribution in [2.75, 3.05) is 0 Å². The van der Waals surface area contributed by atoms with Gasteiger partial charge in [0.2, 0.25) is 0 Å². The molecule has 0 spiro atoms. The van der Waals surface area contributed by atoms with Crippen molar-refractivity contribution >= 4 is 33.5 Å². The number of rotatable bonds is 3. The molecule has 2 nitrogen and oxygen atoms in total. The second-order valence-corrected chi connectivity index (χ2v) is 4.95. The van der Waals surface area contributed by atoms with E-state index in [2.05, 4.69) is 15.9 Å². The molecule has 2 rings (SSSR count). The first-order chi connectivity index (χ1) is 8.66. The van der Waals surface area contributed by atoms with E-state index in [9.17, 15) is 4.79 Å². The van der Waals surface area contributed by atoms with Crippen LogP contribution in [0.1, 0.15) is 15.9 Å². The maximum Gasteiger partial charge on any atom is 0.338 e. The fourth-order valence-electron chi connectivity index (χ4n) is 1.43. The molecule has 0 saturated heterocycles. The maximum absolute atomic E-state index is 11.8. The summed E-state index contributed by atoms with van der Waals surface area (Å²) in [5.74, 6) is -0.381. The smallest absolute Gasteiger partial charge is 0.338 e. The van der Waals surface area contributed by atoms with Gasteiger partial charge in [-0.05, 0) is 39.7 Å². The number of halogens is 2. The summed E-state index contributed by atoms with van der Waals surface area (Å²) < 4.78 is 5.95. The van der Waals surface area contributed by atoms with E-state index in [1.165, 1.54) is 0 Å². The summed E-state index contributed by atoms with van der Waals surface area (Å²) in [6, 6.07) is 14.5. The highest BCUT2D eigenvalue weighted by Crippen LogP contribution is 2.23. The van der Waals surface area contributed by atoms with Crippen molar-refractivity contribution in [3.05, 3.63) is 69.2 Å². The van der Waals surface area contributed by atoms with Gasteiger partial charge < -0.3 is 4.74 Å². The lowest BCUT2D eigenvalue weighted by atomic mass is 10.2. The SMILES string of the molecule is O=C(OCc1ccccc1)c1ccc(Br)c(Cl)c1. The van der Waals surface area contributed by atoms with Crippen LogP contribution >= 0.6 is 27.5 Å². The van der Waals surface area contributed by atoms with Crippen LogP contribution in [0.3, 0.4) is 0 Å². The molecule has 2 aromatic carbocycles. The lowest BCUT2D eigenvalue weighted by molar-refractivity contribution is 0.0472. The van der Waals surface area contributed by atoms with Gasteiger partial charge in [0.05, 0.1) is 10.6 Å². The van der Waals surface area contributed by atoms with Gasteiger partial charge in [-0.25, -0.2) is 4.79 Å². The number of hydrogen-bond donors (Lipinski definition) is 0. The van der Waals surface area contributed by atoms with Crippen LogP contribution < -0.4 is 0 Å². The van der Waals surface area contributed by atoms with E-state index in [1.54, 1.807) is 18.2 Å². The predicted molar refractivity (Wildman–Crippen MR) is 74.7 cm³/mol. The normalized spacial score (nSPS) is 10.1. The number of hydrogen-bond acceptors (Lipinski definition) is 2. The third kappa shape index (κ3) is 3.34. The maximum atomic E-state index is 11.8. The van der Waals surface area contributed by atoms with Crippen molar-refractivity contribution in [3.63, 3.8) is 0 Å². The Bertz CT molecular complexity index is 555. The third-order valence-electron chi connectivity index (χ3n) is 2.37. The van der Waals surface area contributed by atoms with Crippen LogP contribution in [0.4, 0.5) is 0 Å². The summed E-state index contributed by atoms with van der Waals surface area (Å²) in [5, 5.41) is 0.490. The van der Waals surface area contributed by atoms with Gasteiger partial charge in [0, 0.05) is 4.47 Å². The Morgan fingerprint density at radius 1 is 1.17 bits per heavy atom. The van der Waals surface area contributed by atoms with Gasteiger partial charge in [-0.1, -0.05) is 41.9 Å². The van der Waals surface area contributed by atoms with Crippen molar-refractivity contribution in [3.8, 4) is 0 Å². The molecular formula is C14H10BrClO2. The van der Waals surface area contributed by atoms with Crippen LogP contribution in [0.15, 0.2) is 53.0 Å². The van der Waals surface area contributed by atoms with Crippen LogP contribution in [0, 0.1) is 0 Å². The first-order valence-electron chi connectivity index (χ1n) is 5.33. The highest BCUT2D eigenvalue weighted by molar-refractivity contribution is 9.10. The number of esters is 1. The molecule has 0 amide bonds. The Morgan fingerprint density at radius 2 is 1.89 bits per heavy atom. The van der Waals surface area contributed by atoms with E-state index in [1.807, 2.05) is 30.3 Å². The Hall–Kier alpha value is -1.32. The Balaban J connectivity index is 2.02. The fraction of sp³-hybridized carbons (Fsp3) is 0.0714. The minimum absolute atomic E-state index is 0.257. The third-order valence-corrected chi connectivity index (χ3v) is 3.60. The Morgan fingerprint density at radius 3 is 2.56 bits per heavy atom. The van der Waals surface area contributed by atoms with Gasteiger partial charge in [0.1, 0.15) is 6.61 Å². The largest absolute Gasteiger partial charge is 0.457 e. The lowest BCUT2D eigenvalue weighted by Crippen LogP contribution is -2.05. The Labute approximate surface area is 119 Å². The van der Waals surface area contributed by atoms with Crippen LogP contribution in [0.5, 0.6) is 0 Å². The zero-order chi connectivity index (χ0) is 13.0. The number of carbonyl (C=O) groups excluding carboxylic acids is 1. The van der Waals surface area contributed by atoms with Crippen molar-refractivity contribution in [1.29, 1.82) is 0 Å². The molecule has 0 aromatic heterocycles. The molecule has 0 aliphatic heterocycles. The average Bonchev–Trinajstić information content (AvgIpc) is 2.40. The molecule has 0 aliphatic rings. The molecule has 0 saturated carbocycles. The van der Waals surface area contributed by atoms with Gasteiger partial charge in [-0.3, -0.25) is 0 Å². The van der Waals surface area contributed by atoms with Crippen LogP contribution in [-0.2, 0) is 11.3 Å². The minimum Gasteiger partial charge on any atom is -0.457 e. The molecule has 0 N–H and O–H groups in total. The molecule has 0 aliphatic carbocycles. The molecule has 0 bridgehead atoms. The van der Waals surface area contributed by atoms with E-state index < -0.39 is 0 Å². The summed E-state index contributed by atoms with van der Waals surface area (Å²) >= 11 is 9.19. The molecule has 4 heteroatoms. The molecule has 0 unspecified atom stereocenters. The van der Waals surface area contributed by atoms with Crippen LogP contribution in [0.25, 0.3) is 0 Å². The van der Waals surface area contributed by atoms with Crippen molar-refractivity contribution in [1.82, 2.24) is 0 Å². The van der Waals surface area contributed by atoms with Gasteiger partial charge in [0.25, 0.3) is 0 Å².